The van der Waals surface area contributed by atoms with Gasteiger partial charge in [0.2, 0.25) is 0 Å². The van der Waals surface area contributed by atoms with Crippen LogP contribution in [0.3, 0.4) is 0 Å². The Morgan fingerprint density at radius 2 is 2.06 bits per heavy atom. The van der Waals surface area contributed by atoms with Crippen molar-refractivity contribution in [3.63, 3.8) is 0 Å². The molecule has 0 bridgehead atoms. The van der Waals surface area contributed by atoms with E-state index in [0.717, 1.165) is 24.4 Å². The number of rotatable bonds is 4. The molecular formula is C14H20ClNS. The first-order chi connectivity index (χ1) is 8.31. The topological polar surface area (TPSA) is 26.0 Å². The zero-order chi connectivity index (χ0) is 12.1. The third kappa shape index (κ3) is 3.64. The average Bonchev–Trinajstić information content (AvgIpc) is 2.37. The summed E-state index contributed by atoms with van der Waals surface area (Å²) in [5, 5.41) is 0.955. The van der Waals surface area contributed by atoms with Crippen molar-refractivity contribution in [2.75, 3.05) is 18.1 Å². The van der Waals surface area contributed by atoms with Gasteiger partial charge >= 0.3 is 0 Å². The van der Waals surface area contributed by atoms with E-state index in [9.17, 15) is 0 Å². The number of aryl methyl sites for hydroxylation is 1. The molecule has 0 atom stereocenters. The Morgan fingerprint density at radius 3 is 2.71 bits per heavy atom. The van der Waals surface area contributed by atoms with Crippen LogP contribution in [0.2, 0.25) is 5.02 Å². The summed E-state index contributed by atoms with van der Waals surface area (Å²) in [6.45, 7) is 0.749. The molecule has 1 aliphatic rings. The average molecular weight is 270 g/mol. The van der Waals surface area contributed by atoms with E-state index >= 15 is 0 Å². The molecule has 1 nitrogen and oxygen atoms in total. The molecule has 94 valence electrons. The lowest BCUT2D eigenvalue weighted by Crippen LogP contribution is -2.08. The van der Waals surface area contributed by atoms with Crippen molar-refractivity contribution in [1.82, 2.24) is 0 Å². The molecule has 0 radical (unpaired) electrons. The molecular weight excluding hydrogens is 250 g/mol. The van der Waals surface area contributed by atoms with Gasteiger partial charge in [0.15, 0.2) is 0 Å². The largest absolute Gasteiger partial charge is 0.330 e. The Bertz CT molecular complexity index is 361. The zero-order valence-corrected chi connectivity index (χ0v) is 11.7. The summed E-state index contributed by atoms with van der Waals surface area (Å²) in [6.07, 6.45) is 4.62. The predicted octanol–water partition coefficient (Wildman–Crippen LogP) is 3.84. The van der Waals surface area contributed by atoms with E-state index < -0.39 is 0 Å². The number of hydrogen-bond donors (Lipinski definition) is 1. The van der Waals surface area contributed by atoms with Crippen LogP contribution in [0.1, 0.15) is 36.3 Å². The Morgan fingerprint density at radius 1 is 1.29 bits per heavy atom. The van der Waals surface area contributed by atoms with E-state index in [1.807, 2.05) is 0 Å². The van der Waals surface area contributed by atoms with E-state index in [1.54, 1.807) is 0 Å². The fourth-order valence-corrected chi connectivity index (χ4v) is 3.84. The Kier molecular flexibility index (Phi) is 5.20. The SMILES string of the molecule is NCCCc1ccc(C2CCSCC2)c(Cl)c1. The van der Waals surface area contributed by atoms with Crippen LogP contribution in [0.15, 0.2) is 18.2 Å². The smallest absolute Gasteiger partial charge is 0.0443 e. The van der Waals surface area contributed by atoms with Crippen LogP contribution < -0.4 is 5.73 Å². The molecule has 17 heavy (non-hydrogen) atoms. The number of thioether (sulfide) groups is 1. The standard InChI is InChI=1S/C14H20ClNS/c15-14-10-11(2-1-7-16)3-4-13(14)12-5-8-17-9-6-12/h3-4,10,12H,1-2,5-9,16H2. The highest BCUT2D eigenvalue weighted by Crippen LogP contribution is 2.35. The van der Waals surface area contributed by atoms with Crippen LogP contribution in [0.25, 0.3) is 0 Å². The highest BCUT2D eigenvalue weighted by atomic mass is 35.5. The molecule has 0 amide bonds. The second-order valence-electron chi connectivity index (χ2n) is 4.63. The molecule has 3 heteroatoms. The molecule has 2 rings (SSSR count). The van der Waals surface area contributed by atoms with E-state index in [4.69, 9.17) is 17.3 Å². The van der Waals surface area contributed by atoms with E-state index in [0.29, 0.717) is 5.92 Å². The maximum absolute atomic E-state index is 6.40. The van der Waals surface area contributed by atoms with Crippen LogP contribution in [0.5, 0.6) is 0 Å². The Hall–Kier alpha value is -0.180. The van der Waals surface area contributed by atoms with Gasteiger partial charge in [-0.3, -0.25) is 0 Å². The van der Waals surface area contributed by atoms with Crippen LogP contribution in [0.4, 0.5) is 0 Å². The first-order valence-electron chi connectivity index (χ1n) is 6.37. The molecule has 1 aromatic rings. The Labute approximate surface area is 113 Å². The van der Waals surface area contributed by atoms with Gasteiger partial charge in [-0.2, -0.15) is 11.8 Å². The minimum Gasteiger partial charge on any atom is -0.330 e. The highest BCUT2D eigenvalue weighted by Gasteiger charge is 2.18. The monoisotopic (exact) mass is 269 g/mol. The van der Waals surface area contributed by atoms with Crippen molar-refractivity contribution < 1.29 is 0 Å². The van der Waals surface area contributed by atoms with Crippen LogP contribution in [-0.4, -0.2) is 18.1 Å². The van der Waals surface area contributed by atoms with Gasteiger partial charge in [-0.05, 0) is 66.8 Å². The van der Waals surface area contributed by atoms with E-state index in [2.05, 4.69) is 30.0 Å². The van der Waals surface area contributed by atoms with E-state index in [-0.39, 0.29) is 0 Å². The molecule has 1 aliphatic heterocycles. The first kappa shape index (κ1) is 13.3. The molecule has 1 fully saturated rings. The second-order valence-corrected chi connectivity index (χ2v) is 6.27. The summed E-state index contributed by atoms with van der Waals surface area (Å²) in [5.74, 6) is 3.22. The zero-order valence-electron chi connectivity index (χ0n) is 10.1. The summed E-state index contributed by atoms with van der Waals surface area (Å²) >= 11 is 8.46. The minimum atomic E-state index is 0.673. The van der Waals surface area contributed by atoms with Crippen molar-refractivity contribution in [2.45, 2.75) is 31.6 Å². The van der Waals surface area contributed by atoms with Gasteiger partial charge in [0.25, 0.3) is 0 Å². The van der Waals surface area contributed by atoms with E-state index in [1.165, 1.54) is 35.5 Å². The Balaban J connectivity index is 2.07. The molecule has 1 aromatic carbocycles. The van der Waals surface area contributed by atoms with Gasteiger partial charge in [0.05, 0.1) is 0 Å². The maximum Gasteiger partial charge on any atom is 0.0443 e. The van der Waals surface area contributed by atoms with Crippen LogP contribution in [0, 0.1) is 0 Å². The molecule has 0 spiro atoms. The van der Waals surface area contributed by atoms with Crippen molar-refractivity contribution >= 4 is 23.4 Å². The number of hydrogen-bond acceptors (Lipinski definition) is 2. The fraction of sp³-hybridized carbons (Fsp3) is 0.571. The quantitative estimate of drug-likeness (QED) is 0.899. The molecule has 1 heterocycles. The molecule has 0 unspecified atom stereocenters. The van der Waals surface area contributed by atoms with Crippen LogP contribution in [-0.2, 0) is 6.42 Å². The second kappa shape index (κ2) is 6.67. The lowest BCUT2D eigenvalue weighted by molar-refractivity contribution is 0.637. The lowest BCUT2D eigenvalue weighted by atomic mass is 9.92. The summed E-state index contributed by atoms with van der Waals surface area (Å²) in [5.41, 5.74) is 8.19. The lowest BCUT2D eigenvalue weighted by Gasteiger charge is -2.23. The summed E-state index contributed by atoms with van der Waals surface area (Å²) in [6, 6.07) is 6.59. The van der Waals surface area contributed by atoms with Crippen LogP contribution >= 0.6 is 23.4 Å². The number of nitrogens with two attached hydrogens (primary N) is 1. The fourth-order valence-electron chi connectivity index (χ4n) is 2.37. The minimum absolute atomic E-state index is 0.673. The number of halogens is 1. The van der Waals surface area contributed by atoms with Gasteiger partial charge in [-0.1, -0.05) is 23.7 Å². The third-order valence-corrected chi connectivity index (χ3v) is 4.77. The predicted molar refractivity (Wildman–Crippen MR) is 78.1 cm³/mol. The molecule has 0 saturated carbocycles. The maximum atomic E-state index is 6.40. The summed E-state index contributed by atoms with van der Waals surface area (Å²) in [4.78, 5) is 0. The third-order valence-electron chi connectivity index (χ3n) is 3.40. The molecule has 0 aromatic heterocycles. The van der Waals surface area contributed by atoms with Gasteiger partial charge < -0.3 is 5.73 Å². The van der Waals surface area contributed by atoms with Gasteiger partial charge in [0.1, 0.15) is 0 Å². The number of benzene rings is 1. The van der Waals surface area contributed by atoms with Crippen molar-refractivity contribution in [3.05, 3.63) is 34.3 Å². The normalized spacial score (nSPS) is 17.3. The molecule has 1 saturated heterocycles. The van der Waals surface area contributed by atoms with Gasteiger partial charge in [-0.15, -0.1) is 0 Å². The molecule has 2 N–H and O–H groups in total. The van der Waals surface area contributed by atoms with Crippen molar-refractivity contribution in [2.24, 2.45) is 5.73 Å². The van der Waals surface area contributed by atoms with Crippen molar-refractivity contribution in [1.29, 1.82) is 0 Å². The first-order valence-corrected chi connectivity index (χ1v) is 7.90. The van der Waals surface area contributed by atoms with Gasteiger partial charge in [0, 0.05) is 5.02 Å². The highest BCUT2D eigenvalue weighted by molar-refractivity contribution is 7.99. The summed E-state index contributed by atoms with van der Waals surface area (Å²) < 4.78 is 0. The van der Waals surface area contributed by atoms with Crippen molar-refractivity contribution in [3.8, 4) is 0 Å². The molecule has 0 aliphatic carbocycles. The summed E-state index contributed by atoms with van der Waals surface area (Å²) in [7, 11) is 0. The van der Waals surface area contributed by atoms with Gasteiger partial charge in [-0.25, -0.2) is 0 Å².